The Morgan fingerprint density at radius 1 is 0.846 bits per heavy atom. The Kier molecular flexibility index (Phi) is 7.49. The highest BCUT2D eigenvalue weighted by Gasteiger charge is 2.31. The molecule has 0 unspecified atom stereocenters. The minimum atomic E-state index is -4.41. The molecule has 1 aliphatic heterocycles. The Balaban J connectivity index is 1.32. The van der Waals surface area contributed by atoms with Crippen molar-refractivity contribution in [1.82, 2.24) is 19.6 Å². The van der Waals surface area contributed by atoms with Gasteiger partial charge in [-0.05, 0) is 35.2 Å². The van der Waals surface area contributed by atoms with E-state index in [1.165, 1.54) is 22.9 Å². The summed E-state index contributed by atoms with van der Waals surface area (Å²) in [6.07, 6.45) is -3.74. The molecule has 6 nitrogen and oxygen atoms in total. The summed E-state index contributed by atoms with van der Waals surface area (Å²) >= 11 is 0. The monoisotopic (exact) mass is 532 g/mol. The molecule has 0 fully saturated rings. The molecule has 0 saturated carbocycles. The summed E-state index contributed by atoms with van der Waals surface area (Å²) in [6.45, 7) is 1.78. The molecule has 1 aliphatic rings. The maximum Gasteiger partial charge on any atom is 0.416 e. The first kappa shape index (κ1) is 26.2. The molecular formula is C30H27F3N4O2. The number of aromatic nitrogens is 2. The average molecular weight is 533 g/mol. The fourth-order valence-corrected chi connectivity index (χ4v) is 4.64. The van der Waals surface area contributed by atoms with Crippen molar-refractivity contribution in [3.05, 3.63) is 125 Å². The van der Waals surface area contributed by atoms with E-state index in [0.717, 1.165) is 23.3 Å². The van der Waals surface area contributed by atoms with Crippen molar-refractivity contribution in [3.8, 4) is 0 Å². The fraction of sp³-hybridized carbons (Fsp3) is 0.233. The lowest BCUT2D eigenvalue weighted by atomic mass is 10.1. The zero-order valence-electron chi connectivity index (χ0n) is 21.1. The van der Waals surface area contributed by atoms with Crippen molar-refractivity contribution in [1.29, 1.82) is 0 Å². The van der Waals surface area contributed by atoms with E-state index in [2.05, 4.69) is 5.10 Å². The summed E-state index contributed by atoms with van der Waals surface area (Å²) < 4.78 is 40.2. The topological polar surface area (TPSA) is 58.4 Å². The van der Waals surface area contributed by atoms with Crippen LogP contribution in [0.3, 0.4) is 0 Å². The van der Waals surface area contributed by atoms with Crippen molar-refractivity contribution < 1.29 is 22.8 Å². The van der Waals surface area contributed by atoms with Gasteiger partial charge in [-0.3, -0.25) is 14.3 Å². The summed E-state index contributed by atoms with van der Waals surface area (Å²) in [5.41, 5.74) is 2.45. The van der Waals surface area contributed by atoms with Crippen LogP contribution in [0.1, 0.15) is 43.2 Å². The molecule has 5 rings (SSSR count). The normalized spacial score (nSPS) is 13.3. The quantitative estimate of drug-likeness (QED) is 0.304. The van der Waals surface area contributed by atoms with Crippen LogP contribution in [0.4, 0.5) is 13.2 Å². The molecule has 3 aromatic carbocycles. The van der Waals surface area contributed by atoms with Gasteiger partial charge in [0.1, 0.15) is 5.69 Å². The summed E-state index contributed by atoms with van der Waals surface area (Å²) in [4.78, 5) is 30.1. The first-order valence-corrected chi connectivity index (χ1v) is 12.7. The minimum absolute atomic E-state index is 0.169. The van der Waals surface area contributed by atoms with Crippen LogP contribution in [-0.4, -0.2) is 44.5 Å². The maximum atomic E-state index is 13.6. The van der Waals surface area contributed by atoms with E-state index in [1.54, 1.807) is 9.80 Å². The number of halogens is 3. The molecule has 1 aromatic heterocycles. The van der Waals surface area contributed by atoms with E-state index in [1.807, 2.05) is 60.7 Å². The molecule has 0 N–H and O–H groups in total. The number of fused-ring (bicyclic) bond motifs is 1. The van der Waals surface area contributed by atoms with Crippen molar-refractivity contribution in [2.45, 2.75) is 32.2 Å². The third-order valence-electron chi connectivity index (χ3n) is 6.76. The Bertz CT molecular complexity index is 1430. The van der Waals surface area contributed by atoms with Crippen molar-refractivity contribution in [2.24, 2.45) is 0 Å². The van der Waals surface area contributed by atoms with Gasteiger partial charge in [0.15, 0.2) is 5.69 Å². The fourth-order valence-electron chi connectivity index (χ4n) is 4.64. The highest BCUT2D eigenvalue weighted by molar-refractivity contribution is 5.98. The van der Waals surface area contributed by atoms with Gasteiger partial charge < -0.3 is 9.80 Å². The second-order valence-corrected chi connectivity index (χ2v) is 9.51. The number of amides is 2. The van der Waals surface area contributed by atoms with Gasteiger partial charge >= 0.3 is 6.18 Å². The van der Waals surface area contributed by atoms with E-state index in [4.69, 9.17) is 0 Å². The van der Waals surface area contributed by atoms with E-state index < -0.39 is 11.7 Å². The molecule has 9 heteroatoms. The molecular weight excluding hydrogens is 505 g/mol. The lowest BCUT2D eigenvalue weighted by Crippen LogP contribution is -2.39. The highest BCUT2D eigenvalue weighted by Crippen LogP contribution is 2.29. The van der Waals surface area contributed by atoms with Gasteiger partial charge in [0.2, 0.25) is 0 Å². The van der Waals surface area contributed by atoms with E-state index in [-0.39, 0.29) is 24.1 Å². The summed E-state index contributed by atoms with van der Waals surface area (Å²) in [5, 5.41) is 4.45. The number of rotatable bonds is 8. The van der Waals surface area contributed by atoms with Crippen LogP contribution in [0.15, 0.2) is 91.0 Å². The van der Waals surface area contributed by atoms with Gasteiger partial charge in [-0.15, -0.1) is 0 Å². The Labute approximate surface area is 224 Å². The first-order chi connectivity index (χ1) is 18.8. The molecule has 0 aliphatic carbocycles. The van der Waals surface area contributed by atoms with Gasteiger partial charge in [0, 0.05) is 32.2 Å². The van der Waals surface area contributed by atoms with Gasteiger partial charge in [0.05, 0.1) is 12.1 Å². The second-order valence-electron chi connectivity index (χ2n) is 9.51. The van der Waals surface area contributed by atoms with Gasteiger partial charge in [-0.1, -0.05) is 72.8 Å². The molecule has 0 bridgehead atoms. The number of hydrogen-bond donors (Lipinski definition) is 0. The van der Waals surface area contributed by atoms with Crippen LogP contribution >= 0.6 is 0 Å². The molecule has 0 radical (unpaired) electrons. The van der Waals surface area contributed by atoms with Crippen LogP contribution in [0.25, 0.3) is 0 Å². The number of alkyl halides is 3. The van der Waals surface area contributed by atoms with Crippen LogP contribution < -0.4 is 0 Å². The van der Waals surface area contributed by atoms with Gasteiger partial charge in [-0.25, -0.2) is 0 Å². The predicted octanol–water partition coefficient (Wildman–Crippen LogP) is 5.44. The van der Waals surface area contributed by atoms with Gasteiger partial charge in [0.25, 0.3) is 11.8 Å². The molecule has 0 atom stereocenters. The molecule has 4 aromatic rings. The molecule has 0 spiro atoms. The largest absolute Gasteiger partial charge is 0.416 e. The van der Waals surface area contributed by atoms with Crippen LogP contribution in [0.5, 0.6) is 0 Å². The van der Waals surface area contributed by atoms with Gasteiger partial charge in [-0.2, -0.15) is 18.3 Å². The smallest absolute Gasteiger partial charge is 0.333 e. The van der Waals surface area contributed by atoms with Crippen molar-refractivity contribution in [2.75, 3.05) is 13.1 Å². The standard InChI is InChI=1S/C30H27F3N4O2/c31-30(32,33)25-13-11-24(12-14-25)21-36-17-18-37-27(29(36)39)19-26(34-37)28(38)35(20-23-9-5-2-6-10-23)16-15-22-7-3-1-4-8-22/h1-14,19H,15-18,20-21H2. The predicted molar refractivity (Wildman–Crippen MR) is 140 cm³/mol. The van der Waals surface area contributed by atoms with Crippen molar-refractivity contribution in [3.63, 3.8) is 0 Å². The molecule has 200 valence electrons. The van der Waals surface area contributed by atoms with Crippen LogP contribution in [0.2, 0.25) is 0 Å². The van der Waals surface area contributed by atoms with E-state index in [9.17, 15) is 22.8 Å². The van der Waals surface area contributed by atoms with E-state index >= 15 is 0 Å². The number of benzene rings is 3. The number of carbonyl (C=O) groups is 2. The molecule has 2 heterocycles. The summed E-state index contributed by atoms with van der Waals surface area (Å²) in [7, 11) is 0. The Morgan fingerprint density at radius 3 is 2.13 bits per heavy atom. The molecule has 39 heavy (non-hydrogen) atoms. The Morgan fingerprint density at radius 2 is 1.49 bits per heavy atom. The van der Waals surface area contributed by atoms with Crippen LogP contribution in [-0.2, 0) is 32.2 Å². The lowest BCUT2D eigenvalue weighted by Gasteiger charge is -2.27. The molecule has 2 amide bonds. The average Bonchev–Trinajstić information content (AvgIpc) is 3.38. The third kappa shape index (κ3) is 6.19. The summed E-state index contributed by atoms with van der Waals surface area (Å²) in [5.74, 6) is -0.578. The SMILES string of the molecule is O=C(c1cc2n(n1)CCN(Cc1ccc(C(F)(F)F)cc1)C2=O)N(CCc1ccccc1)Cc1ccccc1. The van der Waals surface area contributed by atoms with Crippen molar-refractivity contribution >= 4 is 11.8 Å². The zero-order valence-corrected chi connectivity index (χ0v) is 21.1. The maximum absolute atomic E-state index is 13.6. The number of hydrogen-bond acceptors (Lipinski definition) is 3. The third-order valence-corrected chi connectivity index (χ3v) is 6.76. The molecule has 0 saturated heterocycles. The van der Waals surface area contributed by atoms with E-state index in [0.29, 0.717) is 43.9 Å². The van der Waals surface area contributed by atoms with Crippen LogP contribution in [0, 0.1) is 0 Å². The Hall–Kier alpha value is -4.40. The number of carbonyl (C=O) groups excluding carboxylic acids is 2. The number of nitrogens with zero attached hydrogens (tertiary/aromatic N) is 4. The second kappa shape index (κ2) is 11.1. The zero-order chi connectivity index (χ0) is 27.4. The highest BCUT2D eigenvalue weighted by atomic mass is 19.4. The summed E-state index contributed by atoms with van der Waals surface area (Å²) in [6, 6.07) is 25.9. The lowest BCUT2D eigenvalue weighted by molar-refractivity contribution is -0.137. The first-order valence-electron chi connectivity index (χ1n) is 12.7. The minimum Gasteiger partial charge on any atom is -0.333 e.